The molecule has 0 aliphatic heterocycles. The fourth-order valence-electron chi connectivity index (χ4n) is 3.72. The Bertz CT molecular complexity index is 984. The first-order chi connectivity index (χ1) is 14.9. The molecule has 0 atom stereocenters. The van der Waals surface area contributed by atoms with Crippen molar-refractivity contribution in [2.75, 3.05) is 37.4 Å². The van der Waals surface area contributed by atoms with Gasteiger partial charge in [0.2, 0.25) is 10.0 Å². The van der Waals surface area contributed by atoms with E-state index >= 15 is 0 Å². The second-order valence-corrected chi connectivity index (χ2v) is 9.70. The predicted molar refractivity (Wildman–Crippen MR) is 123 cm³/mol. The highest BCUT2D eigenvalue weighted by molar-refractivity contribution is 7.89. The van der Waals surface area contributed by atoms with Crippen molar-refractivity contribution in [3.8, 4) is 0 Å². The van der Waals surface area contributed by atoms with Crippen molar-refractivity contribution in [2.45, 2.75) is 37.5 Å². The van der Waals surface area contributed by atoms with E-state index in [2.05, 4.69) is 15.4 Å². The molecule has 0 saturated heterocycles. The molecule has 1 amide bonds. The van der Waals surface area contributed by atoms with E-state index in [4.69, 9.17) is 4.74 Å². The molecule has 8 heteroatoms. The van der Waals surface area contributed by atoms with Crippen molar-refractivity contribution in [1.29, 1.82) is 0 Å². The first kappa shape index (κ1) is 23.2. The number of methoxy groups -OCH3 is 1. The lowest BCUT2D eigenvalue weighted by molar-refractivity contribution is 0.102. The van der Waals surface area contributed by atoms with E-state index in [9.17, 15) is 13.2 Å². The number of hydrogen-bond donors (Lipinski definition) is 3. The Morgan fingerprint density at radius 1 is 1.06 bits per heavy atom. The number of nitrogens with one attached hydrogen (secondary N) is 3. The number of amides is 1. The third-order valence-electron chi connectivity index (χ3n) is 5.57. The number of aryl methyl sites for hydroxylation is 1. The second-order valence-electron chi connectivity index (χ2n) is 7.93. The monoisotopic (exact) mass is 445 g/mol. The lowest BCUT2D eigenvalue weighted by Crippen LogP contribution is -2.27. The van der Waals surface area contributed by atoms with E-state index in [1.54, 1.807) is 13.0 Å². The molecular formula is C23H31N3O4S. The van der Waals surface area contributed by atoms with Crippen molar-refractivity contribution in [1.82, 2.24) is 4.72 Å². The maximum absolute atomic E-state index is 12.8. The number of sulfonamides is 1. The number of hydrogen-bond acceptors (Lipinski definition) is 5. The van der Waals surface area contributed by atoms with Gasteiger partial charge >= 0.3 is 0 Å². The normalized spacial score (nSPS) is 14.5. The highest BCUT2D eigenvalue weighted by Gasteiger charge is 2.18. The molecule has 31 heavy (non-hydrogen) atoms. The zero-order valence-corrected chi connectivity index (χ0v) is 18.9. The largest absolute Gasteiger partial charge is 0.385 e. The average molecular weight is 446 g/mol. The summed E-state index contributed by atoms with van der Waals surface area (Å²) in [5.41, 5.74) is 2.69. The summed E-state index contributed by atoms with van der Waals surface area (Å²) in [6, 6.07) is 12.1. The minimum absolute atomic E-state index is 0.0470. The van der Waals surface area contributed by atoms with Gasteiger partial charge in [0.25, 0.3) is 5.91 Å². The van der Waals surface area contributed by atoms with Gasteiger partial charge in [-0.25, -0.2) is 13.1 Å². The number of carbonyl (C=O) groups is 1. The Labute approximate surface area is 184 Å². The topological polar surface area (TPSA) is 96.5 Å². The van der Waals surface area contributed by atoms with Crippen molar-refractivity contribution in [3.05, 3.63) is 53.6 Å². The van der Waals surface area contributed by atoms with Crippen LogP contribution >= 0.6 is 0 Å². The molecular weight excluding hydrogens is 414 g/mol. The molecule has 1 saturated carbocycles. The van der Waals surface area contributed by atoms with Gasteiger partial charge in [0.15, 0.2) is 0 Å². The van der Waals surface area contributed by atoms with Crippen molar-refractivity contribution in [2.24, 2.45) is 5.92 Å². The third kappa shape index (κ3) is 6.53. The molecule has 2 aromatic rings. The van der Waals surface area contributed by atoms with Gasteiger partial charge in [-0.05, 0) is 67.6 Å². The Kier molecular flexibility index (Phi) is 8.06. The summed E-state index contributed by atoms with van der Waals surface area (Å²) in [6.45, 7) is 3.18. The Hall–Kier alpha value is -2.42. The molecule has 3 N–H and O–H groups in total. The maximum Gasteiger partial charge on any atom is 0.255 e. The quantitative estimate of drug-likeness (QED) is 0.484. The summed E-state index contributed by atoms with van der Waals surface area (Å²) in [6.07, 6.45) is 5.22. The lowest BCUT2D eigenvalue weighted by Gasteiger charge is -2.13. The van der Waals surface area contributed by atoms with Crippen LogP contribution in [0.5, 0.6) is 0 Å². The number of anilines is 2. The molecule has 3 rings (SSSR count). The first-order valence-corrected chi connectivity index (χ1v) is 12.1. The van der Waals surface area contributed by atoms with Crippen LogP contribution < -0.4 is 15.4 Å². The highest BCUT2D eigenvalue weighted by atomic mass is 32.2. The number of carbonyl (C=O) groups excluding carboxylic acids is 1. The summed E-state index contributed by atoms with van der Waals surface area (Å²) >= 11 is 0. The van der Waals surface area contributed by atoms with Crippen LogP contribution in [0.4, 0.5) is 11.4 Å². The van der Waals surface area contributed by atoms with E-state index in [0.29, 0.717) is 16.8 Å². The van der Waals surface area contributed by atoms with E-state index in [-0.39, 0.29) is 24.0 Å². The van der Waals surface area contributed by atoms with Crippen LogP contribution in [0.3, 0.4) is 0 Å². The van der Waals surface area contributed by atoms with Crippen LogP contribution in [0.25, 0.3) is 0 Å². The first-order valence-electron chi connectivity index (χ1n) is 10.6. The Morgan fingerprint density at radius 3 is 2.42 bits per heavy atom. The van der Waals surface area contributed by atoms with Crippen LogP contribution in [0.15, 0.2) is 47.4 Å². The molecule has 1 aliphatic rings. The predicted octanol–water partition coefficient (Wildman–Crippen LogP) is 3.77. The number of rotatable bonds is 10. The molecule has 0 heterocycles. The fourth-order valence-corrected chi connectivity index (χ4v) is 4.76. The zero-order valence-electron chi connectivity index (χ0n) is 18.1. The van der Waals surface area contributed by atoms with Crippen LogP contribution in [-0.4, -0.2) is 41.1 Å². The van der Waals surface area contributed by atoms with Gasteiger partial charge in [0.1, 0.15) is 0 Å². The van der Waals surface area contributed by atoms with E-state index < -0.39 is 10.0 Å². The summed E-state index contributed by atoms with van der Waals surface area (Å²) in [5.74, 6) is 0.396. The molecule has 1 fully saturated rings. The smallest absolute Gasteiger partial charge is 0.255 e. The van der Waals surface area contributed by atoms with Crippen LogP contribution in [0.2, 0.25) is 0 Å². The van der Waals surface area contributed by atoms with E-state index in [1.807, 2.05) is 24.3 Å². The van der Waals surface area contributed by atoms with Gasteiger partial charge < -0.3 is 15.4 Å². The van der Waals surface area contributed by atoms with Gasteiger partial charge in [-0.1, -0.05) is 18.9 Å². The molecule has 0 bridgehead atoms. The van der Waals surface area contributed by atoms with Crippen LogP contribution in [0.1, 0.15) is 41.6 Å². The average Bonchev–Trinajstić information content (AvgIpc) is 3.27. The molecule has 0 spiro atoms. The molecule has 2 aromatic carbocycles. The number of ether oxygens (including phenoxy) is 1. The standard InChI is InChI=1S/C23H31N3O4S/c1-17-7-12-21(31(28,29)25-13-14-30-2)15-22(17)23(27)26-20-10-8-19(9-11-20)24-16-18-5-3-4-6-18/h7-12,15,18,24-25H,3-6,13-14,16H2,1-2H3,(H,26,27). The Balaban J connectivity index is 1.64. The lowest BCUT2D eigenvalue weighted by atomic mass is 10.1. The van der Waals surface area contributed by atoms with E-state index in [1.165, 1.54) is 44.9 Å². The van der Waals surface area contributed by atoms with E-state index in [0.717, 1.165) is 18.2 Å². The molecule has 168 valence electrons. The fraction of sp³-hybridized carbons (Fsp3) is 0.435. The molecule has 0 aromatic heterocycles. The Morgan fingerprint density at radius 2 is 1.74 bits per heavy atom. The van der Waals surface area contributed by atoms with Crippen molar-refractivity contribution in [3.63, 3.8) is 0 Å². The summed E-state index contributed by atoms with van der Waals surface area (Å²) in [5, 5.41) is 6.31. The highest BCUT2D eigenvalue weighted by Crippen LogP contribution is 2.25. The van der Waals surface area contributed by atoms with Gasteiger partial charge in [0.05, 0.1) is 11.5 Å². The molecule has 0 radical (unpaired) electrons. The van der Waals surface area contributed by atoms with Crippen LogP contribution in [-0.2, 0) is 14.8 Å². The van der Waals surface area contributed by atoms with Crippen molar-refractivity contribution >= 4 is 27.3 Å². The summed E-state index contributed by atoms with van der Waals surface area (Å²) < 4.78 is 32.2. The maximum atomic E-state index is 12.8. The van der Waals surface area contributed by atoms with Gasteiger partial charge in [-0.3, -0.25) is 4.79 Å². The zero-order chi connectivity index (χ0) is 22.3. The molecule has 0 unspecified atom stereocenters. The molecule has 1 aliphatic carbocycles. The minimum Gasteiger partial charge on any atom is -0.385 e. The third-order valence-corrected chi connectivity index (χ3v) is 7.03. The van der Waals surface area contributed by atoms with Gasteiger partial charge in [-0.15, -0.1) is 0 Å². The summed E-state index contributed by atoms with van der Waals surface area (Å²) in [7, 11) is -2.21. The number of benzene rings is 2. The minimum atomic E-state index is -3.72. The van der Waals surface area contributed by atoms with Crippen LogP contribution in [0, 0.1) is 12.8 Å². The van der Waals surface area contributed by atoms with Crippen molar-refractivity contribution < 1.29 is 17.9 Å². The molecule has 7 nitrogen and oxygen atoms in total. The SMILES string of the molecule is COCCNS(=O)(=O)c1ccc(C)c(C(=O)Nc2ccc(NCC3CCCC3)cc2)c1. The summed E-state index contributed by atoms with van der Waals surface area (Å²) in [4.78, 5) is 12.8. The second kappa shape index (κ2) is 10.7. The van der Waals surface area contributed by atoms with Gasteiger partial charge in [-0.2, -0.15) is 0 Å². The van der Waals surface area contributed by atoms with Gasteiger partial charge in [0, 0.05) is 37.1 Å².